The van der Waals surface area contributed by atoms with Crippen LogP contribution in [0.2, 0.25) is 0 Å². The molecule has 2 heteroatoms. The number of hydrogen-bond acceptors (Lipinski definition) is 2. The van der Waals surface area contributed by atoms with Gasteiger partial charge in [-0.25, -0.2) is 0 Å². The molecule has 1 atom stereocenters. The number of allylic oxidation sites excluding steroid dienone is 2. The van der Waals surface area contributed by atoms with Crippen molar-refractivity contribution in [2.24, 2.45) is 5.92 Å². The number of carbonyl (C=O) groups excluding carboxylic acids is 1. The molecular weight excluding hydrogens is 248 g/mol. The summed E-state index contributed by atoms with van der Waals surface area (Å²) in [6.45, 7) is 2.36. The fourth-order valence-corrected chi connectivity index (χ4v) is 2.90. The average Bonchev–Trinajstić information content (AvgIpc) is 2.43. The molecule has 2 rings (SSSR count). The van der Waals surface area contributed by atoms with Crippen LogP contribution in [0.3, 0.4) is 0 Å². The molecule has 1 unspecified atom stereocenters. The highest BCUT2D eigenvalue weighted by atomic mass is 16.5. The summed E-state index contributed by atoms with van der Waals surface area (Å²) in [6.07, 6.45) is 8.50. The number of carbonyl (C=O) groups is 1. The molecule has 2 nitrogen and oxygen atoms in total. The van der Waals surface area contributed by atoms with Gasteiger partial charge in [0.2, 0.25) is 0 Å². The third-order valence-electron chi connectivity index (χ3n) is 3.93. The van der Waals surface area contributed by atoms with E-state index in [4.69, 9.17) is 4.74 Å². The second-order valence-electron chi connectivity index (χ2n) is 5.44. The van der Waals surface area contributed by atoms with E-state index in [1.165, 1.54) is 11.1 Å². The molecule has 0 fully saturated rings. The molecule has 0 N–H and O–H groups in total. The highest BCUT2D eigenvalue weighted by Gasteiger charge is 2.16. The second kappa shape index (κ2) is 7.88. The Labute approximate surface area is 121 Å². The normalized spacial score (nSPS) is 19.6. The van der Waals surface area contributed by atoms with Crippen molar-refractivity contribution in [1.29, 1.82) is 0 Å². The zero-order valence-corrected chi connectivity index (χ0v) is 12.3. The van der Waals surface area contributed by atoms with Crippen LogP contribution in [-0.4, -0.2) is 12.6 Å². The number of esters is 1. The maximum absolute atomic E-state index is 11.6. The van der Waals surface area contributed by atoms with E-state index in [-0.39, 0.29) is 5.97 Å². The van der Waals surface area contributed by atoms with Crippen molar-refractivity contribution in [1.82, 2.24) is 0 Å². The van der Waals surface area contributed by atoms with Crippen LogP contribution in [0, 0.1) is 5.92 Å². The molecule has 1 aliphatic carbocycles. The van der Waals surface area contributed by atoms with E-state index in [0.717, 1.165) is 32.1 Å². The zero-order valence-electron chi connectivity index (χ0n) is 12.3. The van der Waals surface area contributed by atoms with Gasteiger partial charge >= 0.3 is 5.97 Å². The Bertz CT molecular complexity index is 448. The van der Waals surface area contributed by atoms with Gasteiger partial charge < -0.3 is 4.74 Å². The van der Waals surface area contributed by atoms with Gasteiger partial charge in [0, 0.05) is 6.42 Å². The van der Waals surface area contributed by atoms with E-state index in [1.807, 2.05) is 6.92 Å². The summed E-state index contributed by atoms with van der Waals surface area (Å²) >= 11 is 0. The molecule has 0 bridgehead atoms. The van der Waals surface area contributed by atoms with Gasteiger partial charge in [-0.1, -0.05) is 36.4 Å². The minimum absolute atomic E-state index is 0.0367. The van der Waals surface area contributed by atoms with Crippen molar-refractivity contribution in [2.75, 3.05) is 6.61 Å². The number of ether oxygens (including phenoxy) is 1. The molecule has 20 heavy (non-hydrogen) atoms. The molecule has 0 aromatic heterocycles. The van der Waals surface area contributed by atoms with Crippen molar-refractivity contribution in [3.05, 3.63) is 42.0 Å². The van der Waals surface area contributed by atoms with E-state index in [9.17, 15) is 4.79 Å². The summed E-state index contributed by atoms with van der Waals surface area (Å²) in [6, 6.07) is 10.6. The fourth-order valence-electron chi connectivity index (χ4n) is 2.90. The Kier molecular flexibility index (Phi) is 5.85. The molecule has 0 aliphatic heterocycles. The minimum Gasteiger partial charge on any atom is -0.466 e. The summed E-state index contributed by atoms with van der Waals surface area (Å²) in [5, 5.41) is 0. The molecule has 0 spiro atoms. The van der Waals surface area contributed by atoms with Crippen LogP contribution in [0.25, 0.3) is 5.57 Å². The lowest BCUT2D eigenvalue weighted by molar-refractivity contribution is -0.144. The first-order valence-corrected chi connectivity index (χ1v) is 7.69. The summed E-state index contributed by atoms with van der Waals surface area (Å²) < 4.78 is 5.05. The first-order chi connectivity index (χ1) is 9.79. The molecule has 0 saturated heterocycles. The maximum atomic E-state index is 11.6. The van der Waals surface area contributed by atoms with Crippen LogP contribution < -0.4 is 0 Å². The third kappa shape index (κ3) is 4.52. The largest absolute Gasteiger partial charge is 0.466 e. The van der Waals surface area contributed by atoms with E-state index in [1.54, 1.807) is 0 Å². The van der Waals surface area contributed by atoms with Crippen molar-refractivity contribution >= 4 is 11.5 Å². The standard InChI is InChI=1S/C18H24O2/c1-2-20-18(19)14-15-8-6-12-17(13-7-9-15)16-10-4-3-5-11-16/h3-5,10-12,15H,2,6-9,13-14H2,1H3. The Morgan fingerprint density at radius 2 is 2.05 bits per heavy atom. The van der Waals surface area contributed by atoms with Gasteiger partial charge in [0.1, 0.15) is 0 Å². The van der Waals surface area contributed by atoms with Gasteiger partial charge in [0.15, 0.2) is 0 Å². The lowest BCUT2D eigenvalue weighted by Crippen LogP contribution is -2.12. The Morgan fingerprint density at radius 1 is 1.25 bits per heavy atom. The van der Waals surface area contributed by atoms with Crippen molar-refractivity contribution in [3.63, 3.8) is 0 Å². The maximum Gasteiger partial charge on any atom is 0.306 e. The molecule has 1 aliphatic rings. The molecule has 0 saturated carbocycles. The predicted molar refractivity (Wildman–Crippen MR) is 82.2 cm³/mol. The van der Waals surface area contributed by atoms with Gasteiger partial charge in [-0.3, -0.25) is 4.79 Å². The predicted octanol–water partition coefficient (Wildman–Crippen LogP) is 4.60. The Balaban J connectivity index is 1.91. The zero-order chi connectivity index (χ0) is 14.2. The van der Waals surface area contributed by atoms with Gasteiger partial charge in [-0.2, -0.15) is 0 Å². The van der Waals surface area contributed by atoms with E-state index < -0.39 is 0 Å². The fraction of sp³-hybridized carbons (Fsp3) is 0.500. The van der Waals surface area contributed by atoms with Crippen LogP contribution in [0.5, 0.6) is 0 Å². The lowest BCUT2D eigenvalue weighted by Gasteiger charge is -2.19. The third-order valence-corrected chi connectivity index (χ3v) is 3.93. The molecule has 108 valence electrons. The number of rotatable bonds is 4. The van der Waals surface area contributed by atoms with E-state index in [2.05, 4.69) is 36.4 Å². The number of benzene rings is 1. The van der Waals surface area contributed by atoms with Crippen LogP contribution in [0.1, 0.15) is 51.0 Å². The first-order valence-electron chi connectivity index (χ1n) is 7.69. The van der Waals surface area contributed by atoms with Crippen LogP contribution in [-0.2, 0) is 9.53 Å². The monoisotopic (exact) mass is 272 g/mol. The molecule has 0 radical (unpaired) electrons. The Hall–Kier alpha value is -1.57. The molecule has 1 aromatic rings. The van der Waals surface area contributed by atoms with Crippen molar-refractivity contribution < 1.29 is 9.53 Å². The van der Waals surface area contributed by atoms with Gasteiger partial charge in [0.25, 0.3) is 0 Å². The van der Waals surface area contributed by atoms with Crippen LogP contribution in [0.4, 0.5) is 0 Å². The van der Waals surface area contributed by atoms with E-state index in [0.29, 0.717) is 18.9 Å². The topological polar surface area (TPSA) is 26.3 Å². The molecule has 0 heterocycles. The van der Waals surface area contributed by atoms with Gasteiger partial charge in [-0.05, 0) is 56.1 Å². The van der Waals surface area contributed by atoms with Gasteiger partial charge in [-0.15, -0.1) is 0 Å². The van der Waals surface area contributed by atoms with Gasteiger partial charge in [0.05, 0.1) is 6.61 Å². The summed E-state index contributed by atoms with van der Waals surface area (Å²) in [4.78, 5) is 11.6. The van der Waals surface area contributed by atoms with Crippen molar-refractivity contribution in [3.8, 4) is 0 Å². The molecule has 0 amide bonds. The van der Waals surface area contributed by atoms with E-state index >= 15 is 0 Å². The Morgan fingerprint density at radius 3 is 2.80 bits per heavy atom. The SMILES string of the molecule is CCOC(=O)CC1CCC=C(c2ccccc2)CCC1. The van der Waals surface area contributed by atoms with Crippen LogP contribution in [0.15, 0.2) is 36.4 Å². The quantitative estimate of drug-likeness (QED) is 0.748. The summed E-state index contributed by atoms with van der Waals surface area (Å²) in [7, 11) is 0. The second-order valence-corrected chi connectivity index (χ2v) is 5.44. The number of hydrogen-bond donors (Lipinski definition) is 0. The van der Waals surface area contributed by atoms with Crippen LogP contribution >= 0.6 is 0 Å². The smallest absolute Gasteiger partial charge is 0.306 e. The lowest BCUT2D eigenvalue weighted by atomic mass is 9.87. The highest BCUT2D eigenvalue weighted by Crippen LogP contribution is 2.29. The molecule has 1 aromatic carbocycles. The van der Waals surface area contributed by atoms with Crippen molar-refractivity contribution in [2.45, 2.75) is 45.4 Å². The minimum atomic E-state index is -0.0367. The summed E-state index contributed by atoms with van der Waals surface area (Å²) in [5.74, 6) is 0.452. The molecular formula is C18H24O2. The summed E-state index contributed by atoms with van der Waals surface area (Å²) in [5.41, 5.74) is 2.80. The highest BCUT2D eigenvalue weighted by molar-refractivity contribution is 5.69. The average molecular weight is 272 g/mol. The first kappa shape index (κ1) is 14.8.